The minimum absolute atomic E-state index is 0. The van der Waals surface area contributed by atoms with E-state index in [9.17, 15) is 5.11 Å². The van der Waals surface area contributed by atoms with Crippen molar-refractivity contribution in [3.63, 3.8) is 0 Å². The van der Waals surface area contributed by atoms with E-state index in [1.807, 2.05) is 0 Å². The van der Waals surface area contributed by atoms with Gasteiger partial charge in [-0.15, -0.1) is 6.61 Å². The van der Waals surface area contributed by atoms with Crippen LogP contribution in [0.3, 0.4) is 0 Å². The van der Waals surface area contributed by atoms with E-state index < -0.39 is 0 Å². The van der Waals surface area contributed by atoms with Gasteiger partial charge in [0.1, 0.15) is 0 Å². The molecule has 0 N–H and O–H groups in total. The molecule has 0 radical (unpaired) electrons. The maximum atomic E-state index is 10.1. The average molecular weight is 154 g/mol. The van der Waals surface area contributed by atoms with E-state index in [-0.39, 0.29) is 58.0 Å². The maximum Gasteiger partial charge on any atom is 1.00 e. The topological polar surface area (TPSA) is 23.1 Å². The van der Waals surface area contributed by atoms with Gasteiger partial charge in [-0.2, -0.15) is 0 Å². The van der Waals surface area contributed by atoms with Crippen LogP contribution >= 0.6 is 0 Å². The van der Waals surface area contributed by atoms with Crippen LogP contribution in [0.2, 0.25) is 0 Å². The summed E-state index contributed by atoms with van der Waals surface area (Å²) in [6.07, 6.45) is 3.20. The van der Waals surface area contributed by atoms with Crippen molar-refractivity contribution >= 4 is 0 Å². The molecule has 0 saturated heterocycles. The Labute approximate surface area is 101 Å². The fourth-order valence-corrected chi connectivity index (χ4v) is 0.864. The molecule has 0 amide bonds. The average Bonchev–Trinajstić information content (AvgIpc) is 1.83. The molecule has 0 atom stereocenters. The standard InChI is InChI=1S/C7H15O.K/c1-3-7(4-2)5-6-8;/h7H,3-6H2,1-2H3;/q-1;+1. The molecular weight excluding hydrogens is 139 g/mol. The van der Waals surface area contributed by atoms with Gasteiger partial charge in [0.15, 0.2) is 0 Å². The first-order valence-electron chi connectivity index (χ1n) is 3.43. The first-order chi connectivity index (χ1) is 3.85. The third kappa shape index (κ3) is 7.49. The number of rotatable bonds is 4. The van der Waals surface area contributed by atoms with E-state index in [1.54, 1.807) is 0 Å². The SMILES string of the molecule is CCC(CC)CC[O-].[K+]. The van der Waals surface area contributed by atoms with Gasteiger partial charge in [-0.3, -0.25) is 0 Å². The minimum atomic E-state index is 0. The minimum Gasteiger partial charge on any atom is -0.854 e. The molecule has 0 spiro atoms. The Bertz CT molecular complexity index is 44.2. The molecule has 0 aromatic heterocycles. The predicted molar refractivity (Wildman–Crippen MR) is 33.6 cm³/mol. The molecule has 50 valence electrons. The van der Waals surface area contributed by atoms with Crippen LogP contribution < -0.4 is 56.5 Å². The second-order valence-corrected chi connectivity index (χ2v) is 2.18. The summed E-state index contributed by atoms with van der Waals surface area (Å²) in [5.74, 6) is 0.687. The van der Waals surface area contributed by atoms with Crippen LogP contribution in [0.15, 0.2) is 0 Å². The number of hydrogen-bond donors (Lipinski definition) is 0. The Kier molecular flexibility index (Phi) is 14.1. The summed E-state index contributed by atoms with van der Waals surface area (Å²) < 4.78 is 0. The van der Waals surface area contributed by atoms with Crippen LogP contribution in [0.1, 0.15) is 33.1 Å². The van der Waals surface area contributed by atoms with Gasteiger partial charge in [0, 0.05) is 0 Å². The molecule has 2 heteroatoms. The van der Waals surface area contributed by atoms with Crippen LogP contribution in [0.5, 0.6) is 0 Å². The molecule has 9 heavy (non-hydrogen) atoms. The summed E-state index contributed by atoms with van der Waals surface area (Å²) >= 11 is 0. The zero-order valence-corrected chi connectivity index (χ0v) is 9.94. The van der Waals surface area contributed by atoms with Gasteiger partial charge in [0.25, 0.3) is 0 Å². The molecule has 0 aliphatic heterocycles. The molecule has 0 aliphatic carbocycles. The maximum absolute atomic E-state index is 10.1. The largest absolute Gasteiger partial charge is 1.00 e. The Balaban J connectivity index is 0. The van der Waals surface area contributed by atoms with E-state index in [0.29, 0.717) is 5.92 Å². The summed E-state index contributed by atoms with van der Waals surface area (Å²) in [7, 11) is 0. The summed E-state index contributed by atoms with van der Waals surface area (Å²) in [5, 5.41) is 10.1. The van der Waals surface area contributed by atoms with E-state index in [4.69, 9.17) is 0 Å². The third-order valence-electron chi connectivity index (χ3n) is 1.68. The normalized spacial score (nSPS) is 9.33. The molecular formula is C7H15KO. The molecule has 0 aromatic carbocycles. The second-order valence-electron chi connectivity index (χ2n) is 2.18. The van der Waals surface area contributed by atoms with Gasteiger partial charge in [-0.05, 0) is 5.92 Å². The first kappa shape index (κ1) is 13.2. The number of hydrogen-bond acceptors (Lipinski definition) is 1. The van der Waals surface area contributed by atoms with Crippen molar-refractivity contribution in [3.8, 4) is 0 Å². The van der Waals surface area contributed by atoms with Crippen molar-refractivity contribution in [1.82, 2.24) is 0 Å². The molecule has 1 nitrogen and oxygen atoms in total. The summed E-state index contributed by atoms with van der Waals surface area (Å²) in [5.41, 5.74) is 0. The summed E-state index contributed by atoms with van der Waals surface area (Å²) in [6, 6.07) is 0. The van der Waals surface area contributed by atoms with Gasteiger partial charge < -0.3 is 5.11 Å². The fraction of sp³-hybridized carbons (Fsp3) is 1.00. The van der Waals surface area contributed by atoms with Crippen molar-refractivity contribution in [3.05, 3.63) is 0 Å². The van der Waals surface area contributed by atoms with Crippen LogP contribution in [-0.2, 0) is 0 Å². The van der Waals surface area contributed by atoms with Gasteiger partial charge in [-0.25, -0.2) is 0 Å². The van der Waals surface area contributed by atoms with Gasteiger partial charge in [0.05, 0.1) is 0 Å². The smallest absolute Gasteiger partial charge is 0.854 e. The summed E-state index contributed by atoms with van der Waals surface area (Å²) in [6.45, 7) is 4.39. The first-order valence-corrected chi connectivity index (χ1v) is 3.43. The Hall–Kier alpha value is 1.60. The summed E-state index contributed by atoms with van der Waals surface area (Å²) in [4.78, 5) is 0. The van der Waals surface area contributed by atoms with Crippen molar-refractivity contribution in [2.24, 2.45) is 5.92 Å². The van der Waals surface area contributed by atoms with Crippen LogP contribution in [-0.4, -0.2) is 6.61 Å². The van der Waals surface area contributed by atoms with Crippen molar-refractivity contribution < 1.29 is 56.5 Å². The third-order valence-corrected chi connectivity index (χ3v) is 1.68. The molecule has 0 aromatic rings. The van der Waals surface area contributed by atoms with Gasteiger partial charge in [-0.1, -0.05) is 33.1 Å². The molecule has 0 aliphatic rings. The molecule has 0 heterocycles. The fourth-order valence-electron chi connectivity index (χ4n) is 0.864. The van der Waals surface area contributed by atoms with Crippen LogP contribution in [0.4, 0.5) is 0 Å². The second kappa shape index (κ2) is 9.60. The van der Waals surface area contributed by atoms with Crippen LogP contribution in [0, 0.1) is 5.92 Å². The Morgan fingerprint density at radius 2 is 1.67 bits per heavy atom. The molecule has 0 bridgehead atoms. The van der Waals surface area contributed by atoms with Gasteiger partial charge in [0.2, 0.25) is 0 Å². The van der Waals surface area contributed by atoms with Crippen molar-refractivity contribution in [2.75, 3.05) is 6.61 Å². The zero-order valence-electron chi connectivity index (χ0n) is 6.81. The molecule has 0 rings (SSSR count). The molecule has 0 unspecified atom stereocenters. The quantitative estimate of drug-likeness (QED) is 0.437. The van der Waals surface area contributed by atoms with E-state index >= 15 is 0 Å². The predicted octanol–water partition coefficient (Wildman–Crippen LogP) is -1.82. The van der Waals surface area contributed by atoms with Crippen molar-refractivity contribution in [2.45, 2.75) is 33.1 Å². The molecule has 0 saturated carbocycles. The van der Waals surface area contributed by atoms with Crippen LogP contribution in [0.25, 0.3) is 0 Å². The van der Waals surface area contributed by atoms with Gasteiger partial charge >= 0.3 is 51.4 Å². The van der Waals surface area contributed by atoms with E-state index in [0.717, 1.165) is 6.42 Å². The Morgan fingerprint density at radius 3 is 1.78 bits per heavy atom. The zero-order chi connectivity index (χ0) is 6.41. The monoisotopic (exact) mass is 154 g/mol. The van der Waals surface area contributed by atoms with E-state index in [2.05, 4.69) is 13.8 Å². The molecule has 0 fully saturated rings. The Morgan fingerprint density at radius 1 is 1.22 bits per heavy atom. The van der Waals surface area contributed by atoms with E-state index in [1.165, 1.54) is 12.8 Å². The van der Waals surface area contributed by atoms with Crippen molar-refractivity contribution in [1.29, 1.82) is 0 Å².